The Kier molecular flexibility index (Phi) is 4.88. The van der Waals surface area contributed by atoms with E-state index in [9.17, 15) is 0 Å². The Balaban J connectivity index is 2.18. The molecule has 0 saturated heterocycles. The monoisotopic (exact) mass is 291 g/mol. The van der Waals surface area contributed by atoms with Gasteiger partial charge in [-0.05, 0) is 36.8 Å². The Morgan fingerprint density at radius 1 is 1.10 bits per heavy atom. The number of hydrogen-bond acceptors (Lipinski definition) is 3. The third kappa shape index (κ3) is 3.44. The van der Waals surface area contributed by atoms with Crippen molar-refractivity contribution in [1.29, 1.82) is 0 Å². The summed E-state index contributed by atoms with van der Waals surface area (Å²) in [5.41, 5.74) is 7.93. The molecule has 0 spiro atoms. The fourth-order valence-corrected chi connectivity index (χ4v) is 2.14. The molecule has 3 nitrogen and oxygen atoms in total. The summed E-state index contributed by atoms with van der Waals surface area (Å²) in [6.45, 7) is 2.37. The Hall–Kier alpha value is -1.71. The van der Waals surface area contributed by atoms with E-state index in [2.05, 4.69) is 0 Å². The first-order valence-electron chi connectivity index (χ1n) is 6.41. The molecule has 0 aliphatic rings. The molecule has 0 unspecified atom stereocenters. The zero-order chi connectivity index (χ0) is 14.5. The molecule has 0 aliphatic carbocycles. The Morgan fingerprint density at radius 3 is 2.35 bits per heavy atom. The van der Waals surface area contributed by atoms with E-state index in [0.717, 1.165) is 22.6 Å². The van der Waals surface area contributed by atoms with E-state index in [1.807, 2.05) is 49.4 Å². The van der Waals surface area contributed by atoms with E-state index >= 15 is 0 Å². The van der Waals surface area contributed by atoms with Crippen molar-refractivity contribution in [3.05, 3.63) is 58.6 Å². The maximum atomic E-state index is 6.00. The van der Waals surface area contributed by atoms with Gasteiger partial charge < -0.3 is 15.2 Å². The number of methoxy groups -OCH3 is 1. The van der Waals surface area contributed by atoms with E-state index in [4.69, 9.17) is 26.8 Å². The van der Waals surface area contributed by atoms with Crippen molar-refractivity contribution in [2.24, 2.45) is 5.73 Å². The van der Waals surface area contributed by atoms with E-state index in [1.165, 1.54) is 0 Å². The summed E-state index contributed by atoms with van der Waals surface area (Å²) in [6, 6.07) is 13.1. The first-order chi connectivity index (χ1) is 9.61. The van der Waals surface area contributed by atoms with Gasteiger partial charge in [-0.2, -0.15) is 0 Å². The van der Waals surface area contributed by atoms with Crippen molar-refractivity contribution in [1.82, 2.24) is 0 Å². The van der Waals surface area contributed by atoms with Gasteiger partial charge >= 0.3 is 0 Å². The van der Waals surface area contributed by atoms with Gasteiger partial charge in [-0.1, -0.05) is 29.8 Å². The summed E-state index contributed by atoms with van der Waals surface area (Å²) in [5, 5.41) is 0.714. The average molecular weight is 292 g/mol. The fraction of sp³-hybridized carbons (Fsp3) is 0.250. The Labute approximate surface area is 124 Å². The van der Waals surface area contributed by atoms with Gasteiger partial charge in [-0.15, -0.1) is 0 Å². The van der Waals surface area contributed by atoms with Crippen LogP contribution in [0.1, 0.15) is 24.1 Å². The first-order valence-corrected chi connectivity index (χ1v) is 6.79. The molecule has 0 heterocycles. The molecule has 0 saturated carbocycles. The number of rotatable bonds is 5. The maximum Gasteiger partial charge on any atom is 0.128 e. The van der Waals surface area contributed by atoms with E-state index < -0.39 is 0 Å². The molecule has 0 radical (unpaired) electrons. The number of halogens is 1. The molecule has 20 heavy (non-hydrogen) atoms. The molecule has 0 aromatic heterocycles. The van der Waals surface area contributed by atoms with Gasteiger partial charge in [0.1, 0.15) is 18.1 Å². The molecular weight excluding hydrogens is 274 g/mol. The first kappa shape index (κ1) is 14.7. The molecular formula is C16H18ClNO2. The Bertz CT molecular complexity index is 567. The number of ether oxygens (including phenoxy) is 2. The molecule has 0 aliphatic heterocycles. The van der Waals surface area contributed by atoms with Crippen LogP contribution in [0.25, 0.3) is 0 Å². The highest BCUT2D eigenvalue weighted by Crippen LogP contribution is 2.33. The second-order valence-electron chi connectivity index (χ2n) is 4.58. The van der Waals surface area contributed by atoms with Crippen LogP contribution in [0.4, 0.5) is 0 Å². The fourth-order valence-electron chi connectivity index (χ4n) is 2.02. The normalized spacial score (nSPS) is 12.0. The van der Waals surface area contributed by atoms with Crippen molar-refractivity contribution in [3.8, 4) is 11.5 Å². The zero-order valence-electron chi connectivity index (χ0n) is 11.6. The molecule has 0 bridgehead atoms. The van der Waals surface area contributed by atoms with Crippen molar-refractivity contribution in [2.75, 3.05) is 7.11 Å². The van der Waals surface area contributed by atoms with Crippen LogP contribution in [0.2, 0.25) is 5.02 Å². The zero-order valence-corrected chi connectivity index (χ0v) is 12.4. The van der Waals surface area contributed by atoms with Crippen LogP contribution in [0.15, 0.2) is 42.5 Å². The molecule has 2 aromatic carbocycles. The number of nitrogens with two attached hydrogens (primary N) is 1. The third-order valence-electron chi connectivity index (χ3n) is 3.01. The predicted octanol–water partition coefficient (Wildman–Crippen LogP) is 3.95. The van der Waals surface area contributed by atoms with Crippen LogP contribution in [0.3, 0.4) is 0 Å². The van der Waals surface area contributed by atoms with E-state index in [-0.39, 0.29) is 6.04 Å². The highest BCUT2D eigenvalue weighted by Gasteiger charge is 2.14. The summed E-state index contributed by atoms with van der Waals surface area (Å²) < 4.78 is 11.2. The lowest BCUT2D eigenvalue weighted by atomic mass is 10.1. The minimum Gasteiger partial charge on any atom is -0.496 e. The lowest BCUT2D eigenvalue weighted by molar-refractivity contribution is 0.297. The largest absolute Gasteiger partial charge is 0.496 e. The molecule has 0 amide bonds. The summed E-state index contributed by atoms with van der Waals surface area (Å²) in [6.07, 6.45) is 0. The van der Waals surface area contributed by atoms with Gasteiger partial charge in [0.15, 0.2) is 0 Å². The molecule has 2 rings (SSSR count). The van der Waals surface area contributed by atoms with Crippen LogP contribution >= 0.6 is 11.6 Å². The second kappa shape index (κ2) is 6.64. The van der Waals surface area contributed by atoms with Gasteiger partial charge in [0.25, 0.3) is 0 Å². The van der Waals surface area contributed by atoms with Crippen molar-refractivity contribution in [3.63, 3.8) is 0 Å². The molecule has 2 N–H and O–H groups in total. The highest BCUT2D eigenvalue weighted by atomic mass is 35.5. The standard InChI is InChI=1S/C16H18ClNO2/c1-11(18)16-14(19-2)4-3-5-15(16)20-10-12-6-8-13(17)9-7-12/h3-9,11H,10,18H2,1-2H3/t11-/m1/s1. The van der Waals surface area contributed by atoms with Crippen LogP contribution < -0.4 is 15.2 Å². The lowest BCUT2D eigenvalue weighted by Crippen LogP contribution is -2.10. The Morgan fingerprint density at radius 2 is 1.75 bits per heavy atom. The minimum atomic E-state index is -0.161. The SMILES string of the molecule is COc1cccc(OCc2ccc(Cl)cc2)c1[C@@H](C)N. The summed E-state index contributed by atoms with van der Waals surface area (Å²) >= 11 is 5.86. The molecule has 2 aromatic rings. The van der Waals surface area contributed by atoms with Crippen molar-refractivity contribution < 1.29 is 9.47 Å². The molecule has 4 heteroatoms. The molecule has 1 atom stereocenters. The topological polar surface area (TPSA) is 44.5 Å². The maximum absolute atomic E-state index is 6.00. The quantitative estimate of drug-likeness (QED) is 0.907. The third-order valence-corrected chi connectivity index (χ3v) is 3.26. The summed E-state index contributed by atoms with van der Waals surface area (Å²) in [5.74, 6) is 1.49. The summed E-state index contributed by atoms with van der Waals surface area (Å²) in [4.78, 5) is 0. The van der Waals surface area contributed by atoms with Crippen molar-refractivity contribution in [2.45, 2.75) is 19.6 Å². The molecule has 106 valence electrons. The minimum absolute atomic E-state index is 0.161. The molecule has 0 fully saturated rings. The van der Waals surface area contributed by atoms with Crippen LogP contribution in [-0.4, -0.2) is 7.11 Å². The smallest absolute Gasteiger partial charge is 0.128 e. The number of hydrogen-bond donors (Lipinski definition) is 1. The van der Waals surface area contributed by atoms with Crippen LogP contribution in [0.5, 0.6) is 11.5 Å². The van der Waals surface area contributed by atoms with Gasteiger partial charge in [0.2, 0.25) is 0 Å². The van der Waals surface area contributed by atoms with Gasteiger partial charge in [0.05, 0.1) is 12.7 Å². The van der Waals surface area contributed by atoms with Gasteiger partial charge in [0, 0.05) is 11.1 Å². The van der Waals surface area contributed by atoms with Gasteiger partial charge in [-0.25, -0.2) is 0 Å². The van der Waals surface area contributed by atoms with Gasteiger partial charge in [-0.3, -0.25) is 0 Å². The predicted molar refractivity (Wildman–Crippen MR) is 81.4 cm³/mol. The number of benzene rings is 2. The second-order valence-corrected chi connectivity index (χ2v) is 5.01. The highest BCUT2D eigenvalue weighted by molar-refractivity contribution is 6.30. The van der Waals surface area contributed by atoms with Crippen LogP contribution in [-0.2, 0) is 6.61 Å². The van der Waals surface area contributed by atoms with E-state index in [0.29, 0.717) is 11.6 Å². The van der Waals surface area contributed by atoms with Crippen LogP contribution in [0, 0.1) is 0 Å². The van der Waals surface area contributed by atoms with Crippen molar-refractivity contribution >= 4 is 11.6 Å². The lowest BCUT2D eigenvalue weighted by Gasteiger charge is -2.17. The van der Waals surface area contributed by atoms with E-state index in [1.54, 1.807) is 7.11 Å². The summed E-state index contributed by atoms with van der Waals surface area (Å²) in [7, 11) is 1.63. The average Bonchev–Trinajstić information content (AvgIpc) is 2.46.